The third-order valence-corrected chi connectivity index (χ3v) is 4.87. The van der Waals surface area contributed by atoms with Gasteiger partial charge in [0.05, 0.1) is 0 Å². The first-order chi connectivity index (χ1) is 9.57. The fourth-order valence-corrected chi connectivity index (χ4v) is 3.28. The van der Waals surface area contributed by atoms with Gasteiger partial charge in [0.15, 0.2) is 0 Å². The minimum Gasteiger partial charge on any atom is -0.329 e. The van der Waals surface area contributed by atoms with Crippen LogP contribution in [0, 0.1) is 11.7 Å². The standard InChI is InChI=1S/C17H27FN2/c1-3-14-7-9-20(10-8-14)17(2,13-19)12-15-5-4-6-16(18)11-15/h4-6,11,14H,3,7-10,12-13,19H2,1-2H3. The van der Waals surface area contributed by atoms with Crippen molar-refractivity contribution in [2.45, 2.75) is 45.1 Å². The lowest BCUT2D eigenvalue weighted by Gasteiger charge is -2.44. The van der Waals surface area contributed by atoms with E-state index in [0.29, 0.717) is 6.54 Å². The van der Waals surface area contributed by atoms with Gasteiger partial charge in [-0.1, -0.05) is 25.5 Å². The highest BCUT2D eigenvalue weighted by Crippen LogP contribution is 2.28. The molecule has 1 saturated heterocycles. The van der Waals surface area contributed by atoms with Crippen LogP contribution < -0.4 is 5.73 Å². The van der Waals surface area contributed by atoms with Crippen LogP contribution in [0.25, 0.3) is 0 Å². The van der Waals surface area contributed by atoms with E-state index in [1.54, 1.807) is 12.1 Å². The summed E-state index contributed by atoms with van der Waals surface area (Å²) >= 11 is 0. The topological polar surface area (TPSA) is 29.3 Å². The first-order valence-electron chi connectivity index (χ1n) is 7.77. The summed E-state index contributed by atoms with van der Waals surface area (Å²) < 4.78 is 13.3. The van der Waals surface area contributed by atoms with E-state index in [0.717, 1.165) is 31.0 Å². The van der Waals surface area contributed by atoms with Crippen molar-refractivity contribution in [3.63, 3.8) is 0 Å². The van der Waals surface area contributed by atoms with E-state index >= 15 is 0 Å². The Hall–Kier alpha value is -0.930. The molecular formula is C17H27FN2. The molecule has 2 N–H and O–H groups in total. The predicted octanol–water partition coefficient (Wildman–Crippen LogP) is 3.21. The second-order valence-corrected chi connectivity index (χ2v) is 6.35. The summed E-state index contributed by atoms with van der Waals surface area (Å²) in [7, 11) is 0. The van der Waals surface area contributed by atoms with E-state index in [9.17, 15) is 4.39 Å². The van der Waals surface area contributed by atoms with Crippen LogP contribution in [0.15, 0.2) is 24.3 Å². The molecule has 1 unspecified atom stereocenters. The van der Waals surface area contributed by atoms with Gasteiger partial charge < -0.3 is 5.73 Å². The number of nitrogens with zero attached hydrogens (tertiary/aromatic N) is 1. The molecule has 1 fully saturated rings. The van der Waals surface area contributed by atoms with E-state index in [2.05, 4.69) is 18.7 Å². The number of hydrogen-bond acceptors (Lipinski definition) is 2. The van der Waals surface area contributed by atoms with Gasteiger partial charge in [0, 0.05) is 12.1 Å². The number of benzene rings is 1. The number of piperidine rings is 1. The summed E-state index contributed by atoms with van der Waals surface area (Å²) in [5.74, 6) is 0.703. The van der Waals surface area contributed by atoms with Gasteiger partial charge in [-0.05, 0) is 62.9 Å². The van der Waals surface area contributed by atoms with Gasteiger partial charge in [0.1, 0.15) is 5.82 Å². The van der Waals surface area contributed by atoms with Crippen molar-refractivity contribution in [3.05, 3.63) is 35.6 Å². The summed E-state index contributed by atoms with van der Waals surface area (Å²) in [6.07, 6.45) is 4.61. The van der Waals surface area contributed by atoms with Crippen LogP contribution >= 0.6 is 0 Å². The van der Waals surface area contributed by atoms with E-state index < -0.39 is 0 Å². The minimum absolute atomic E-state index is 0.0630. The molecule has 1 atom stereocenters. The van der Waals surface area contributed by atoms with Crippen LogP contribution in [-0.2, 0) is 6.42 Å². The molecule has 0 spiro atoms. The third kappa shape index (κ3) is 3.58. The van der Waals surface area contributed by atoms with Crippen molar-refractivity contribution in [1.82, 2.24) is 4.90 Å². The smallest absolute Gasteiger partial charge is 0.123 e. The average molecular weight is 278 g/mol. The average Bonchev–Trinajstić information content (AvgIpc) is 2.47. The van der Waals surface area contributed by atoms with Crippen molar-refractivity contribution >= 4 is 0 Å². The van der Waals surface area contributed by atoms with Crippen LogP contribution in [0.4, 0.5) is 4.39 Å². The van der Waals surface area contributed by atoms with Gasteiger partial charge in [-0.2, -0.15) is 0 Å². The number of rotatable bonds is 5. The predicted molar refractivity (Wildman–Crippen MR) is 82.2 cm³/mol. The Morgan fingerprint density at radius 1 is 1.35 bits per heavy atom. The fraction of sp³-hybridized carbons (Fsp3) is 0.647. The van der Waals surface area contributed by atoms with Crippen molar-refractivity contribution in [2.75, 3.05) is 19.6 Å². The van der Waals surface area contributed by atoms with Gasteiger partial charge >= 0.3 is 0 Å². The van der Waals surface area contributed by atoms with Crippen molar-refractivity contribution in [2.24, 2.45) is 11.7 Å². The zero-order valence-electron chi connectivity index (χ0n) is 12.7. The first-order valence-corrected chi connectivity index (χ1v) is 7.77. The van der Waals surface area contributed by atoms with Crippen LogP contribution in [-0.4, -0.2) is 30.1 Å². The summed E-state index contributed by atoms with van der Waals surface area (Å²) in [4.78, 5) is 2.50. The van der Waals surface area contributed by atoms with E-state index in [4.69, 9.17) is 5.73 Å². The second kappa shape index (κ2) is 6.68. The molecule has 2 nitrogen and oxygen atoms in total. The summed E-state index contributed by atoms with van der Waals surface area (Å²) in [5.41, 5.74) is 7.03. The molecule has 1 aromatic carbocycles. The highest BCUT2D eigenvalue weighted by Gasteiger charge is 2.33. The lowest BCUT2D eigenvalue weighted by atomic mass is 9.86. The Balaban J connectivity index is 2.05. The second-order valence-electron chi connectivity index (χ2n) is 6.35. The van der Waals surface area contributed by atoms with Crippen molar-refractivity contribution in [1.29, 1.82) is 0 Å². The molecule has 20 heavy (non-hydrogen) atoms. The Morgan fingerprint density at radius 2 is 2.05 bits per heavy atom. The Morgan fingerprint density at radius 3 is 2.60 bits per heavy atom. The van der Waals surface area contributed by atoms with Gasteiger partial charge in [-0.25, -0.2) is 4.39 Å². The lowest BCUT2D eigenvalue weighted by molar-refractivity contribution is 0.0666. The van der Waals surface area contributed by atoms with Crippen LogP contribution in [0.3, 0.4) is 0 Å². The maximum absolute atomic E-state index is 13.3. The van der Waals surface area contributed by atoms with E-state index in [1.165, 1.54) is 25.3 Å². The number of likely N-dealkylation sites (tertiary alicyclic amines) is 1. The molecule has 1 heterocycles. The zero-order chi connectivity index (χ0) is 14.6. The maximum Gasteiger partial charge on any atom is 0.123 e. The Kier molecular flexibility index (Phi) is 5.17. The van der Waals surface area contributed by atoms with Crippen LogP contribution in [0.5, 0.6) is 0 Å². The van der Waals surface area contributed by atoms with E-state index in [-0.39, 0.29) is 11.4 Å². The number of halogens is 1. The highest BCUT2D eigenvalue weighted by molar-refractivity contribution is 5.19. The summed E-state index contributed by atoms with van der Waals surface area (Å²) in [5, 5.41) is 0. The first kappa shape index (κ1) is 15.5. The van der Waals surface area contributed by atoms with Crippen LogP contribution in [0.2, 0.25) is 0 Å². The molecule has 1 aromatic rings. The summed E-state index contributed by atoms with van der Waals surface area (Å²) in [6.45, 7) is 7.32. The minimum atomic E-state index is -0.161. The summed E-state index contributed by atoms with van der Waals surface area (Å²) in [6, 6.07) is 6.91. The van der Waals surface area contributed by atoms with Gasteiger partial charge in [0.25, 0.3) is 0 Å². The molecule has 0 amide bonds. The fourth-order valence-electron chi connectivity index (χ4n) is 3.28. The molecule has 1 aliphatic rings. The number of nitrogens with two attached hydrogens (primary N) is 1. The van der Waals surface area contributed by atoms with Crippen LogP contribution in [0.1, 0.15) is 38.7 Å². The van der Waals surface area contributed by atoms with Gasteiger partial charge in [-0.15, -0.1) is 0 Å². The monoisotopic (exact) mass is 278 g/mol. The molecule has 3 heteroatoms. The molecule has 1 aliphatic heterocycles. The molecule has 0 aromatic heterocycles. The normalized spacial score (nSPS) is 20.8. The van der Waals surface area contributed by atoms with Gasteiger partial charge in [-0.3, -0.25) is 4.90 Å². The molecule has 0 aliphatic carbocycles. The SMILES string of the molecule is CCC1CCN(C(C)(CN)Cc2cccc(F)c2)CC1. The van der Waals surface area contributed by atoms with Crippen molar-refractivity contribution < 1.29 is 4.39 Å². The molecule has 2 rings (SSSR count). The lowest BCUT2D eigenvalue weighted by Crippen LogP contribution is -2.55. The zero-order valence-corrected chi connectivity index (χ0v) is 12.7. The number of hydrogen-bond donors (Lipinski definition) is 1. The highest BCUT2D eigenvalue weighted by atomic mass is 19.1. The third-order valence-electron chi connectivity index (χ3n) is 4.87. The largest absolute Gasteiger partial charge is 0.329 e. The maximum atomic E-state index is 13.3. The quantitative estimate of drug-likeness (QED) is 0.896. The Labute approximate surface area is 122 Å². The molecule has 0 saturated carbocycles. The molecular weight excluding hydrogens is 251 g/mol. The molecule has 0 bridgehead atoms. The molecule has 0 radical (unpaired) electrons. The van der Waals surface area contributed by atoms with E-state index in [1.807, 2.05) is 6.07 Å². The Bertz CT molecular complexity index is 427. The molecule has 112 valence electrons. The van der Waals surface area contributed by atoms with Crippen molar-refractivity contribution in [3.8, 4) is 0 Å². The van der Waals surface area contributed by atoms with Gasteiger partial charge in [0.2, 0.25) is 0 Å².